The SMILES string of the molecule is CN1CCC2(CCNCC2c2cccc(Br)c2)CC1. The van der Waals surface area contributed by atoms with Crippen LogP contribution in [0.1, 0.15) is 30.7 Å². The third kappa shape index (κ3) is 2.74. The van der Waals surface area contributed by atoms with Crippen molar-refractivity contribution in [3.8, 4) is 0 Å². The van der Waals surface area contributed by atoms with Gasteiger partial charge in [-0.15, -0.1) is 0 Å². The van der Waals surface area contributed by atoms with Crippen molar-refractivity contribution in [2.75, 3.05) is 33.2 Å². The first-order chi connectivity index (χ1) is 9.20. The highest BCUT2D eigenvalue weighted by Gasteiger charge is 2.42. The molecule has 104 valence electrons. The maximum Gasteiger partial charge on any atom is 0.0178 e. The van der Waals surface area contributed by atoms with Crippen LogP contribution in [-0.4, -0.2) is 38.1 Å². The molecule has 1 aromatic rings. The van der Waals surface area contributed by atoms with Crippen molar-refractivity contribution in [2.24, 2.45) is 5.41 Å². The summed E-state index contributed by atoms with van der Waals surface area (Å²) in [4.78, 5) is 2.48. The van der Waals surface area contributed by atoms with Gasteiger partial charge in [0.2, 0.25) is 0 Å². The van der Waals surface area contributed by atoms with Gasteiger partial charge in [-0.25, -0.2) is 0 Å². The lowest BCUT2D eigenvalue weighted by Crippen LogP contribution is -2.49. The molecule has 2 saturated heterocycles. The molecule has 1 spiro atoms. The Bertz CT molecular complexity index is 438. The summed E-state index contributed by atoms with van der Waals surface area (Å²) >= 11 is 3.62. The number of nitrogens with one attached hydrogen (secondary N) is 1. The van der Waals surface area contributed by atoms with Gasteiger partial charge < -0.3 is 10.2 Å². The van der Waals surface area contributed by atoms with Crippen LogP contribution in [0.5, 0.6) is 0 Å². The summed E-state index contributed by atoms with van der Waals surface area (Å²) in [6, 6.07) is 8.93. The van der Waals surface area contributed by atoms with Gasteiger partial charge in [0, 0.05) is 16.9 Å². The van der Waals surface area contributed by atoms with Gasteiger partial charge in [0.1, 0.15) is 0 Å². The number of likely N-dealkylation sites (tertiary alicyclic amines) is 1. The molecule has 2 aliphatic rings. The van der Waals surface area contributed by atoms with E-state index in [0.717, 1.165) is 6.54 Å². The molecule has 1 atom stereocenters. The van der Waals surface area contributed by atoms with Crippen LogP contribution in [-0.2, 0) is 0 Å². The van der Waals surface area contributed by atoms with Crippen LogP contribution in [0.3, 0.4) is 0 Å². The highest BCUT2D eigenvalue weighted by atomic mass is 79.9. The first kappa shape index (κ1) is 13.6. The molecule has 3 heteroatoms. The highest BCUT2D eigenvalue weighted by molar-refractivity contribution is 9.10. The average molecular weight is 323 g/mol. The van der Waals surface area contributed by atoms with Crippen LogP contribution in [0, 0.1) is 5.41 Å². The predicted octanol–water partition coefficient (Wildman–Crippen LogP) is 3.24. The van der Waals surface area contributed by atoms with Crippen LogP contribution in [0.15, 0.2) is 28.7 Å². The number of benzene rings is 1. The van der Waals surface area contributed by atoms with Crippen molar-refractivity contribution in [3.63, 3.8) is 0 Å². The molecule has 0 aromatic heterocycles. The van der Waals surface area contributed by atoms with Crippen molar-refractivity contribution >= 4 is 15.9 Å². The van der Waals surface area contributed by atoms with Gasteiger partial charge in [-0.3, -0.25) is 0 Å². The van der Waals surface area contributed by atoms with Crippen molar-refractivity contribution in [3.05, 3.63) is 34.3 Å². The highest BCUT2D eigenvalue weighted by Crippen LogP contribution is 2.48. The Balaban J connectivity index is 1.89. The van der Waals surface area contributed by atoms with Crippen molar-refractivity contribution in [2.45, 2.75) is 25.2 Å². The number of piperidine rings is 2. The number of nitrogens with zero attached hydrogens (tertiary/aromatic N) is 1. The molecule has 2 heterocycles. The van der Waals surface area contributed by atoms with E-state index in [-0.39, 0.29) is 0 Å². The van der Waals surface area contributed by atoms with Crippen molar-refractivity contribution in [1.29, 1.82) is 0 Å². The smallest absolute Gasteiger partial charge is 0.0178 e. The molecule has 2 nitrogen and oxygen atoms in total. The summed E-state index contributed by atoms with van der Waals surface area (Å²) in [6.07, 6.45) is 4.03. The van der Waals surface area contributed by atoms with Crippen LogP contribution < -0.4 is 5.32 Å². The number of rotatable bonds is 1. The summed E-state index contributed by atoms with van der Waals surface area (Å²) in [7, 11) is 2.25. The fraction of sp³-hybridized carbons (Fsp3) is 0.625. The zero-order chi connectivity index (χ0) is 13.3. The quantitative estimate of drug-likeness (QED) is 0.853. The normalized spacial score (nSPS) is 27.6. The third-order valence-electron chi connectivity index (χ3n) is 5.12. The molecular formula is C16H23BrN2. The van der Waals surface area contributed by atoms with Gasteiger partial charge >= 0.3 is 0 Å². The van der Waals surface area contributed by atoms with Crippen LogP contribution >= 0.6 is 15.9 Å². The summed E-state index contributed by atoms with van der Waals surface area (Å²) in [5, 5.41) is 3.61. The molecule has 0 radical (unpaired) electrons. The molecule has 1 N–H and O–H groups in total. The molecule has 1 unspecified atom stereocenters. The fourth-order valence-electron chi connectivity index (χ4n) is 3.83. The van der Waals surface area contributed by atoms with E-state index in [2.05, 4.69) is 57.5 Å². The molecule has 19 heavy (non-hydrogen) atoms. The number of hydrogen-bond donors (Lipinski definition) is 1. The van der Waals surface area contributed by atoms with Gasteiger partial charge in [-0.2, -0.15) is 0 Å². The number of halogens is 1. The largest absolute Gasteiger partial charge is 0.316 e. The van der Waals surface area contributed by atoms with Gasteiger partial charge in [0.15, 0.2) is 0 Å². The van der Waals surface area contributed by atoms with Crippen LogP contribution in [0.4, 0.5) is 0 Å². The van der Waals surface area contributed by atoms with E-state index >= 15 is 0 Å². The minimum absolute atomic E-state index is 0.526. The minimum Gasteiger partial charge on any atom is -0.316 e. The zero-order valence-corrected chi connectivity index (χ0v) is 13.2. The van der Waals surface area contributed by atoms with Crippen LogP contribution in [0.25, 0.3) is 0 Å². The molecule has 1 aromatic carbocycles. The van der Waals surface area contributed by atoms with Crippen molar-refractivity contribution in [1.82, 2.24) is 10.2 Å². The van der Waals surface area contributed by atoms with E-state index < -0.39 is 0 Å². The topological polar surface area (TPSA) is 15.3 Å². The standard InChI is InChI=1S/C16H23BrN2/c1-19-9-6-16(7-10-19)5-8-18-12-15(16)13-3-2-4-14(17)11-13/h2-4,11,15,18H,5-10,12H2,1H3. The second-order valence-electron chi connectivity index (χ2n) is 6.23. The molecule has 0 aliphatic carbocycles. The van der Waals surface area contributed by atoms with Gasteiger partial charge in [0.25, 0.3) is 0 Å². The Morgan fingerprint density at radius 1 is 1.26 bits per heavy atom. The minimum atomic E-state index is 0.526. The predicted molar refractivity (Wildman–Crippen MR) is 83.5 cm³/mol. The Hall–Kier alpha value is -0.380. The maximum absolute atomic E-state index is 3.62. The molecule has 2 fully saturated rings. The number of hydrogen-bond acceptors (Lipinski definition) is 2. The summed E-state index contributed by atoms with van der Waals surface area (Å²) in [6.45, 7) is 4.84. The molecule has 0 amide bonds. The molecule has 3 rings (SSSR count). The lowest BCUT2D eigenvalue weighted by Gasteiger charge is -2.49. The van der Waals surface area contributed by atoms with Gasteiger partial charge in [0.05, 0.1) is 0 Å². The van der Waals surface area contributed by atoms with E-state index in [1.54, 1.807) is 0 Å². The van der Waals surface area contributed by atoms with Crippen LogP contribution in [0.2, 0.25) is 0 Å². The third-order valence-corrected chi connectivity index (χ3v) is 5.61. The summed E-state index contributed by atoms with van der Waals surface area (Å²) in [5.41, 5.74) is 2.03. The molecule has 0 saturated carbocycles. The lowest BCUT2D eigenvalue weighted by molar-refractivity contribution is 0.0651. The monoisotopic (exact) mass is 322 g/mol. The van der Waals surface area contributed by atoms with Gasteiger partial charge in [-0.1, -0.05) is 28.1 Å². The summed E-state index contributed by atoms with van der Waals surface area (Å²) < 4.78 is 1.21. The Morgan fingerprint density at radius 3 is 2.79 bits per heavy atom. The summed E-state index contributed by atoms with van der Waals surface area (Å²) in [5.74, 6) is 0.674. The van der Waals surface area contributed by atoms with E-state index in [9.17, 15) is 0 Å². The van der Waals surface area contributed by atoms with Gasteiger partial charge in [-0.05, 0) is 69.1 Å². The maximum atomic E-state index is 3.62. The Morgan fingerprint density at radius 2 is 2.05 bits per heavy atom. The second-order valence-corrected chi connectivity index (χ2v) is 7.14. The fourth-order valence-corrected chi connectivity index (χ4v) is 4.25. The van der Waals surface area contributed by atoms with E-state index in [0.29, 0.717) is 11.3 Å². The lowest BCUT2D eigenvalue weighted by atomic mass is 9.63. The van der Waals surface area contributed by atoms with E-state index in [1.807, 2.05) is 0 Å². The van der Waals surface area contributed by atoms with Crippen molar-refractivity contribution < 1.29 is 0 Å². The van der Waals surface area contributed by atoms with E-state index in [4.69, 9.17) is 0 Å². The van der Waals surface area contributed by atoms with E-state index in [1.165, 1.54) is 48.9 Å². The second kappa shape index (κ2) is 5.55. The Labute approximate surface area is 124 Å². The first-order valence-corrected chi connectivity index (χ1v) is 8.14. The first-order valence-electron chi connectivity index (χ1n) is 7.34. The Kier molecular flexibility index (Phi) is 3.97. The molecule has 0 bridgehead atoms. The average Bonchev–Trinajstić information content (AvgIpc) is 2.43. The zero-order valence-electron chi connectivity index (χ0n) is 11.7. The molecular weight excluding hydrogens is 300 g/mol. The molecule has 2 aliphatic heterocycles.